The van der Waals surface area contributed by atoms with E-state index in [1.165, 1.54) is 23.1 Å². The Balaban J connectivity index is 1.63. The summed E-state index contributed by atoms with van der Waals surface area (Å²) in [6.07, 6.45) is 0.741. The summed E-state index contributed by atoms with van der Waals surface area (Å²) in [6.45, 7) is 6.95. The number of rotatable bonds is 7. The molecule has 0 aliphatic heterocycles. The van der Waals surface area contributed by atoms with E-state index in [9.17, 15) is 9.59 Å². The minimum absolute atomic E-state index is 0.0278. The van der Waals surface area contributed by atoms with Crippen LogP contribution in [0.3, 0.4) is 0 Å². The van der Waals surface area contributed by atoms with E-state index >= 15 is 0 Å². The number of carbonyl (C=O) groups excluding carboxylic acids is 1. The molecule has 0 aliphatic rings. The Labute approximate surface area is 177 Å². The summed E-state index contributed by atoms with van der Waals surface area (Å²) < 4.78 is 1.65. The van der Waals surface area contributed by atoms with Crippen molar-refractivity contribution in [2.45, 2.75) is 38.9 Å². The Bertz CT molecular complexity index is 1060. The second kappa shape index (κ2) is 9.11. The third-order valence-electron chi connectivity index (χ3n) is 4.55. The molecular weight excluding hydrogens is 414 g/mol. The van der Waals surface area contributed by atoms with Crippen LogP contribution in [-0.2, 0) is 17.8 Å². The summed E-state index contributed by atoms with van der Waals surface area (Å²) >= 11 is 8.70. The third kappa shape index (κ3) is 4.59. The number of nitrogens with zero attached hydrogens (tertiary/aromatic N) is 2. The fourth-order valence-corrected chi connectivity index (χ4v) is 4.97. The number of amides is 1. The Morgan fingerprint density at radius 2 is 2.00 bits per heavy atom. The van der Waals surface area contributed by atoms with Crippen molar-refractivity contribution in [2.75, 3.05) is 12.3 Å². The standard InChI is InChI=1S/C20H22ClN3O2S2/c1-4-24-19(26)17-12(2)13(3)28-18(17)23-20(24)27-11-16(25)22-10-9-14-5-7-15(21)8-6-14/h5-8H,4,9-11H2,1-3H3,(H,22,25). The van der Waals surface area contributed by atoms with Gasteiger partial charge in [0.15, 0.2) is 5.16 Å². The minimum Gasteiger partial charge on any atom is -0.355 e. The first kappa shape index (κ1) is 20.9. The van der Waals surface area contributed by atoms with Crippen LogP contribution in [0.5, 0.6) is 0 Å². The smallest absolute Gasteiger partial charge is 0.263 e. The second-order valence-electron chi connectivity index (χ2n) is 6.42. The summed E-state index contributed by atoms with van der Waals surface area (Å²) in [5, 5.41) is 4.90. The van der Waals surface area contributed by atoms with Crippen molar-refractivity contribution in [2.24, 2.45) is 0 Å². The first-order valence-corrected chi connectivity index (χ1v) is 11.2. The summed E-state index contributed by atoms with van der Waals surface area (Å²) in [5.41, 5.74) is 2.09. The van der Waals surface area contributed by atoms with Crippen LogP contribution in [-0.4, -0.2) is 27.8 Å². The van der Waals surface area contributed by atoms with Crippen LogP contribution in [0, 0.1) is 13.8 Å². The van der Waals surface area contributed by atoms with E-state index in [1.54, 1.807) is 4.57 Å². The molecule has 0 fully saturated rings. The average molecular weight is 436 g/mol. The van der Waals surface area contributed by atoms with Gasteiger partial charge in [-0.05, 0) is 50.5 Å². The first-order chi connectivity index (χ1) is 13.4. The lowest BCUT2D eigenvalue weighted by Gasteiger charge is -2.10. The number of fused-ring (bicyclic) bond motifs is 1. The second-order valence-corrected chi connectivity index (χ2v) is 9.00. The molecule has 0 bridgehead atoms. The molecule has 0 radical (unpaired) electrons. The van der Waals surface area contributed by atoms with E-state index in [1.807, 2.05) is 45.0 Å². The maximum atomic E-state index is 12.8. The summed E-state index contributed by atoms with van der Waals surface area (Å²) in [4.78, 5) is 31.5. The lowest BCUT2D eigenvalue weighted by Crippen LogP contribution is -2.28. The van der Waals surface area contributed by atoms with E-state index in [4.69, 9.17) is 11.6 Å². The van der Waals surface area contributed by atoms with Crippen molar-refractivity contribution in [3.63, 3.8) is 0 Å². The van der Waals surface area contributed by atoms with Gasteiger partial charge in [0.05, 0.1) is 11.1 Å². The molecule has 1 N–H and O–H groups in total. The molecule has 1 aromatic carbocycles. The quantitative estimate of drug-likeness (QED) is 0.446. The van der Waals surface area contributed by atoms with Crippen molar-refractivity contribution >= 4 is 50.8 Å². The number of benzene rings is 1. The molecule has 28 heavy (non-hydrogen) atoms. The third-order valence-corrected chi connectivity index (χ3v) is 6.88. The lowest BCUT2D eigenvalue weighted by atomic mass is 10.1. The molecule has 2 heterocycles. The maximum absolute atomic E-state index is 12.8. The van der Waals surface area contributed by atoms with Crippen LogP contribution in [0.4, 0.5) is 0 Å². The Hall–Kier alpha value is -1.83. The Morgan fingerprint density at radius 3 is 2.68 bits per heavy atom. The number of thioether (sulfide) groups is 1. The summed E-state index contributed by atoms with van der Waals surface area (Å²) in [7, 11) is 0. The molecule has 1 amide bonds. The normalized spacial score (nSPS) is 11.1. The topological polar surface area (TPSA) is 64.0 Å². The Morgan fingerprint density at radius 1 is 1.29 bits per heavy atom. The average Bonchev–Trinajstić information content (AvgIpc) is 2.96. The molecular formula is C20H22ClN3O2S2. The molecule has 0 spiro atoms. The lowest BCUT2D eigenvalue weighted by molar-refractivity contribution is -0.118. The molecule has 0 saturated heterocycles. The molecule has 2 aromatic heterocycles. The zero-order valence-corrected chi connectivity index (χ0v) is 18.4. The van der Waals surface area contributed by atoms with Gasteiger partial charge in [-0.3, -0.25) is 14.2 Å². The van der Waals surface area contributed by atoms with Gasteiger partial charge in [0.25, 0.3) is 5.56 Å². The van der Waals surface area contributed by atoms with Gasteiger partial charge in [-0.2, -0.15) is 0 Å². The van der Waals surface area contributed by atoms with Gasteiger partial charge >= 0.3 is 0 Å². The number of halogens is 1. The zero-order chi connectivity index (χ0) is 20.3. The van der Waals surface area contributed by atoms with E-state index in [0.29, 0.717) is 28.7 Å². The highest BCUT2D eigenvalue weighted by Gasteiger charge is 2.16. The number of hydrogen-bond acceptors (Lipinski definition) is 5. The molecule has 8 heteroatoms. The van der Waals surface area contributed by atoms with Crippen molar-refractivity contribution in [1.82, 2.24) is 14.9 Å². The van der Waals surface area contributed by atoms with E-state index in [-0.39, 0.29) is 17.2 Å². The Kier molecular flexibility index (Phi) is 6.80. The number of aromatic nitrogens is 2. The van der Waals surface area contributed by atoms with E-state index < -0.39 is 0 Å². The number of aryl methyl sites for hydroxylation is 2. The number of thiophene rings is 1. The van der Waals surface area contributed by atoms with Crippen LogP contribution in [0.2, 0.25) is 5.02 Å². The predicted octanol–water partition coefficient (Wildman–Crippen LogP) is 4.20. The van der Waals surface area contributed by atoms with Crippen LogP contribution in [0.15, 0.2) is 34.2 Å². The molecule has 0 saturated carbocycles. The molecule has 5 nitrogen and oxygen atoms in total. The molecule has 0 atom stereocenters. The van der Waals surface area contributed by atoms with Crippen molar-refractivity contribution < 1.29 is 4.79 Å². The van der Waals surface area contributed by atoms with Gasteiger partial charge in [0.2, 0.25) is 5.91 Å². The van der Waals surface area contributed by atoms with Gasteiger partial charge in [-0.15, -0.1) is 11.3 Å². The fourth-order valence-electron chi connectivity index (χ4n) is 2.88. The number of carbonyl (C=O) groups is 1. The zero-order valence-electron chi connectivity index (χ0n) is 16.0. The number of hydrogen-bond donors (Lipinski definition) is 1. The van der Waals surface area contributed by atoms with Crippen LogP contribution in [0.25, 0.3) is 10.2 Å². The highest BCUT2D eigenvalue weighted by atomic mass is 35.5. The van der Waals surface area contributed by atoms with Gasteiger partial charge < -0.3 is 5.32 Å². The van der Waals surface area contributed by atoms with Gasteiger partial charge in [-0.1, -0.05) is 35.5 Å². The molecule has 0 aliphatic carbocycles. The fraction of sp³-hybridized carbons (Fsp3) is 0.350. The molecule has 3 rings (SSSR count). The molecule has 148 valence electrons. The van der Waals surface area contributed by atoms with Gasteiger partial charge in [0, 0.05) is 23.0 Å². The molecule has 0 unspecified atom stereocenters. The highest BCUT2D eigenvalue weighted by molar-refractivity contribution is 7.99. The summed E-state index contributed by atoms with van der Waals surface area (Å²) in [6, 6.07) is 7.59. The largest absolute Gasteiger partial charge is 0.355 e. The van der Waals surface area contributed by atoms with Crippen LogP contribution < -0.4 is 10.9 Å². The SMILES string of the molecule is CCn1c(SCC(=O)NCCc2ccc(Cl)cc2)nc2sc(C)c(C)c2c1=O. The highest BCUT2D eigenvalue weighted by Crippen LogP contribution is 2.28. The van der Waals surface area contributed by atoms with Gasteiger partial charge in [0.1, 0.15) is 4.83 Å². The minimum atomic E-state index is -0.0745. The van der Waals surface area contributed by atoms with Crippen molar-refractivity contribution in [1.29, 1.82) is 0 Å². The monoisotopic (exact) mass is 435 g/mol. The van der Waals surface area contributed by atoms with Crippen molar-refractivity contribution in [3.05, 3.63) is 55.6 Å². The van der Waals surface area contributed by atoms with Crippen LogP contribution in [0.1, 0.15) is 22.9 Å². The van der Waals surface area contributed by atoms with Crippen LogP contribution >= 0.6 is 34.7 Å². The predicted molar refractivity (Wildman–Crippen MR) is 118 cm³/mol. The van der Waals surface area contributed by atoms with E-state index in [0.717, 1.165) is 27.3 Å². The summed E-state index contributed by atoms with van der Waals surface area (Å²) in [5.74, 6) is 0.150. The maximum Gasteiger partial charge on any atom is 0.263 e. The van der Waals surface area contributed by atoms with Gasteiger partial charge in [-0.25, -0.2) is 4.98 Å². The van der Waals surface area contributed by atoms with Crippen molar-refractivity contribution in [3.8, 4) is 0 Å². The first-order valence-electron chi connectivity index (χ1n) is 9.05. The van der Waals surface area contributed by atoms with E-state index in [2.05, 4.69) is 10.3 Å². The molecule has 3 aromatic rings. The number of nitrogens with one attached hydrogen (secondary N) is 1.